The Bertz CT molecular complexity index is 870. The first-order valence-electron chi connectivity index (χ1n) is 10.6. The molecule has 0 spiro atoms. The molecule has 0 saturated carbocycles. The second-order valence-electron chi connectivity index (χ2n) is 8.05. The summed E-state index contributed by atoms with van der Waals surface area (Å²) in [4.78, 5) is 4.32. The van der Waals surface area contributed by atoms with E-state index >= 15 is 0 Å². The van der Waals surface area contributed by atoms with E-state index in [-0.39, 0.29) is 30.1 Å². The first-order valence-corrected chi connectivity index (χ1v) is 12.5. The van der Waals surface area contributed by atoms with Crippen LogP contribution >= 0.6 is 24.0 Å². The van der Waals surface area contributed by atoms with Crippen LogP contribution in [0.3, 0.4) is 0 Å². The zero-order valence-corrected chi connectivity index (χ0v) is 22.0. The third-order valence-corrected chi connectivity index (χ3v) is 6.95. The second-order valence-corrected chi connectivity index (χ2v) is 10.0. The smallest absolute Gasteiger partial charge is 0.211 e. The number of nitrogens with zero attached hydrogens (tertiary/aromatic N) is 2. The maximum absolute atomic E-state index is 11.6. The molecule has 1 unspecified atom stereocenters. The zero-order chi connectivity index (χ0) is 21.7. The first-order chi connectivity index (χ1) is 14.3. The number of aliphatic imine (C=N–C) groups is 1. The fourth-order valence-electron chi connectivity index (χ4n) is 4.00. The summed E-state index contributed by atoms with van der Waals surface area (Å²) >= 11 is 0. The molecule has 0 aliphatic carbocycles. The maximum Gasteiger partial charge on any atom is 0.211 e. The predicted molar refractivity (Wildman–Crippen MR) is 134 cm³/mol. The van der Waals surface area contributed by atoms with Gasteiger partial charge in [-0.25, -0.2) is 12.7 Å². The van der Waals surface area contributed by atoms with Crippen molar-refractivity contribution in [3.63, 3.8) is 0 Å². The Labute approximate surface area is 203 Å². The van der Waals surface area contributed by atoms with E-state index in [1.54, 1.807) is 11.4 Å². The molecular formula is C21H35IN4O4S. The van der Waals surface area contributed by atoms with E-state index in [9.17, 15) is 8.42 Å². The standard InChI is InChI=1S/C21H34N4O4S.HI/c1-5-28-19-11-17-10-15(2)29-20(17)12-18(19)14-24-21(22-3)23-13-16-6-8-25(9-7-16)30(4,26)27;/h11-12,15-16H,5-10,13-14H2,1-4H3,(H2,22,23,24);1H. The highest BCUT2D eigenvalue weighted by atomic mass is 127. The minimum atomic E-state index is -3.09. The van der Waals surface area contributed by atoms with Crippen molar-refractivity contribution in [1.82, 2.24) is 14.9 Å². The highest BCUT2D eigenvalue weighted by Gasteiger charge is 2.25. The Morgan fingerprint density at radius 2 is 2.00 bits per heavy atom. The monoisotopic (exact) mass is 566 g/mol. The van der Waals surface area contributed by atoms with Gasteiger partial charge in [0.05, 0.1) is 12.9 Å². The van der Waals surface area contributed by atoms with Crippen molar-refractivity contribution >= 4 is 40.0 Å². The molecule has 2 aliphatic rings. The summed E-state index contributed by atoms with van der Waals surface area (Å²) in [7, 11) is -1.34. The molecule has 2 heterocycles. The zero-order valence-electron chi connectivity index (χ0n) is 18.8. The lowest BCUT2D eigenvalue weighted by Gasteiger charge is -2.30. The fraction of sp³-hybridized carbons (Fsp3) is 0.667. The summed E-state index contributed by atoms with van der Waals surface area (Å²) in [6, 6.07) is 4.15. The number of hydrogen-bond donors (Lipinski definition) is 2. The van der Waals surface area contributed by atoms with Crippen LogP contribution in [-0.2, 0) is 23.0 Å². The van der Waals surface area contributed by atoms with Crippen molar-refractivity contribution in [2.24, 2.45) is 10.9 Å². The third kappa shape index (κ3) is 7.11. The Hall–Kier alpha value is -1.27. The fourth-order valence-corrected chi connectivity index (χ4v) is 4.87. The van der Waals surface area contributed by atoms with Crippen LogP contribution in [0.5, 0.6) is 11.5 Å². The van der Waals surface area contributed by atoms with Gasteiger partial charge in [0.2, 0.25) is 10.0 Å². The van der Waals surface area contributed by atoms with E-state index in [2.05, 4.69) is 34.7 Å². The van der Waals surface area contributed by atoms with Crippen LogP contribution in [0.25, 0.3) is 0 Å². The van der Waals surface area contributed by atoms with Crippen LogP contribution in [-0.4, -0.2) is 64.3 Å². The van der Waals surface area contributed by atoms with Gasteiger partial charge < -0.3 is 20.1 Å². The van der Waals surface area contributed by atoms with Crippen LogP contribution in [0.4, 0.5) is 0 Å². The van der Waals surface area contributed by atoms with E-state index < -0.39 is 10.0 Å². The van der Waals surface area contributed by atoms with Crippen molar-refractivity contribution in [2.45, 2.75) is 45.8 Å². The van der Waals surface area contributed by atoms with Crippen LogP contribution in [0, 0.1) is 5.92 Å². The lowest BCUT2D eigenvalue weighted by atomic mass is 9.98. The van der Waals surface area contributed by atoms with E-state index in [1.807, 2.05) is 6.92 Å². The largest absolute Gasteiger partial charge is 0.494 e. The predicted octanol–water partition coefficient (Wildman–Crippen LogP) is 2.36. The number of benzene rings is 1. The summed E-state index contributed by atoms with van der Waals surface area (Å²) in [5, 5.41) is 6.73. The number of rotatable bonds is 7. The van der Waals surface area contributed by atoms with Crippen molar-refractivity contribution < 1.29 is 17.9 Å². The molecule has 10 heteroatoms. The molecule has 8 nitrogen and oxygen atoms in total. The molecular weight excluding hydrogens is 531 g/mol. The van der Waals surface area contributed by atoms with Gasteiger partial charge in [-0.15, -0.1) is 24.0 Å². The molecule has 1 atom stereocenters. The van der Waals surface area contributed by atoms with Gasteiger partial charge in [0.1, 0.15) is 17.6 Å². The first kappa shape index (κ1) is 26.0. The number of fused-ring (bicyclic) bond motifs is 1. The van der Waals surface area contributed by atoms with Crippen molar-refractivity contribution in [1.29, 1.82) is 0 Å². The van der Waals surface area contributed by atoms with Crippen molar-refractivity contribution in [2.75, 3.05) is 39.5 Å². The molecule has 31 heavy (non-hydrogen) atoms. The molecule has 0 bridgehead atoms. The summed E-state index contributed by atoms with van der Waals surface area (Å²) in [6.07, 6.45) is 4.09. The lowest BCUT2D eigenvalue weighted by Crippen LogP contribution is -2.43. The molecule has 2 aliphatic heterocycles. The summed E-state index contributed by atoms with van der Waals surface area (Å²) < 4.78 is 36.6. The van der Waals surface area contributed by atoms with E-state index in [4.69, 9.17) is 9.47 Å². The van der Waals surface area contributed by atoms with Crippen LogP contribution < -0.4 is 20.1 Å². The number of halogens is 1. The van der Waals surface area contributed by atoms with Crippen LogP contribution in [0.2, 0.25) is 0 Å². The number of ether oxygens (including phenoxy) is 2. The van der Waals surface area contributed by atoms with Gasteiger partial charge >= 0.3 is 0 Å². The van der Waals surface area contributed by atoms with Gasteiger partial charge in [0.15, 0.2) is 5.96 Å². The minimum Gasteiger partial charge on any atom is -0.494 e. The summed E-state index contributed by atoms with van der Waals surface area (Å²) in [6.45, 7) is 7.18. The summed E-state index contributed by atoms with van der Waals surface area (Å²) in [5.41, 5.74) is 2.23. The van der Waals surface area contributed by atoms with E-state index in [1.165, 1.54) is 11.8 Å². The van der Waals surface area contributed by atoms with Crippen LogP contribution in [0.15, 0.2) is 17.1 Å². The number of nitrogens with one attached hydrogen (secondary N) is 2. The number of piperidine rings is 1. The normalized spacial score (nSPS) is 19.9. The second kappa shape index (κ2) is 11.6. The van der Waals surface area contributed by atoms with Crippen molar-refractivity contribution in [3.05, 3.63) is 23.3 Å². The van der Waals surface area contributed by atoms with Gasteiger partial charge in [-0.2, -0.15) is 0 Å². The van der Waals surface area contributed by atoms with E-state index in [0.717, 1.165) is 48.8 Å². The summed E-state index contributed by atoms with van der Waals surface area (Å²) in [5.74, 6) is 2.96. The number of hydrogen-bond acceptors (Lipinski definition) is 5. The molecule has 1 aromatic rings. The Balaban J connectivity index is 0.00000341. The van der Waals surface area contributed by atoms with Gasteiger partial charge in [0.25, 0.3) is 0 Å². The van der Waals surface area contributed by atoms with E-state index in [0.29, 0.717) is 32.2 Å². The molecule has 2 N–H and O–H groups in total. The molecule has 0 aromatic heterocycles. The Kier molecular flexibility index (Phi) is 9.68. The average molecular weight is 567 g/mol. The molecule has 1 aromatic carbocycles. The average Bonchev–Trinajstić information content (AvgIpc) is 3.06. The molecule has 176 valence electrons. The topological polar surface area (TPSA) is 92.3 Å². The Morgan fingerprint density at radius 3 is 2.61 bits per heavy atom. The highest BCUT2D eigenvalue weighted by molar-refractivity contribution is 14.0. The molecule has 1 saturated heterocycles. The molecule has 0 radical (unpaired) electrons. The van der Waals surface area contributed by atoms with Gasteiger partial charge in [0, 0.05) is 50.8 Å². The van der Waals surface area contributed by atoms with Gasteiger partial charge in [-0.3, -0.25) is 4.99 Å². The van der Waals surface area contributed by atoms with Gasteiger partial charge in [-0.1, -0.05) is 0 Å². The highest BCUT2D eigenvalue weighted by Crippen LogP contribution is 2.35. The van der Waals surface area contributed by atoms with Gasteiger partial charge in [-0.05, 0) is 44.7 Å². The number of guanidine groups is 1. The lowest BCUT2D eigenvalue weighted by molar-refractivity contribution is 0.254. The molecule has 0 amide bonds. The molecule has 3 rings (SSSR count). The maximum atomic E-state index is 11.6. The van der Waals surface area contributed by atoms with Crippen molar-refractivity contribution in [3.8, 4) is 11.5 Å². The SMILES string of the molecule is CCOc1cc2c(cc1CNC(=NC)NCC1CCN(S(C)(=O)=O)CC1)OC(C)C2.I. The quantitative estimate of drug-likeness (QED) is 0.299. The minimum absolute atomic E-state index is 0. The van der Waals surface area contributed by atoms with Crippen LogP contribution in [0.1, 0.15) is 37.8 Å². The number of sulfonamides is 1. The Morgan fingerprint density at radius 1 is 1.29 bits per heavy atom. The molecule has 1 fully saturated rings. The third-order valence-electron chi connectivity index (χ3n) is 5.65.